The van der Waals surface area contributed by atoms with Gasteiger partial charge in [-0.15, -0.1) is 0 Å². The van der Waals surface area contributed by atoms with Gasteiger partial charge in [0, 0.05) is 48.0 Å². The highest BCUT2D eigenvalue weighted by atomic mass is 16.3. The van der Waals surface area contributed by atoms with E-state index in [9.17, 15) is 30.6 Å². The minimum atomic E-state index is -0.917. The molecule has 0 fully saturated rings. The monoisotopic (exact) mass is 1140 g/mol. The number of Topliss-reactive ketones (excluding diaryl/α,β-unsaturated/α-hetero) is 2. The molecular formula is C76H98O8. The number of carbonyl (C=O) groups is 2. The summed E-state index contributed by atoms with van der Waals surface area (Å²) in [5, 5.41) is 75.9. The molecule has 0 saturated carbocycles. The second kappa shape index (κ2) is 21.6. The molecule has 0 aliphatic heterocycles. The second-order valence-corrected chi connectivity index (χ2v) is 32.5. The summed E-state index contributed by atoms with van der Waals surface area (Å²) >= 11 is 0. The fourth-order valence-corrected chi connectivity index (χ4v) is 11.1. The molecule has 450 valence electrons. The van der Waals surface area contributed by atoms with E-state index in [2.05, 4.69) is 190 Å². The summed E-state index contributed by atoms with van der Waals surface area (Å²) in [5.41, 5.74) is 7.27. The Labute approximate surface area is 503 Å². The van der Waals surface area contributed by atoms with Gasteiger partial charge >= 0.3 is 0 Å². The summed E-state index contributed by atoms with van der Waals surface area (Å²) in [7, 11) is 0. The van der Waals surface area contributed by atoms with Crippen molar-refractivity contribution < 1.29 is 40.2 Å². The van der Waals surface area contributed by atoms with Gasteiger partial charge in [0.25, 0.3) is 0 Å². The zero-order valence-electron chi connectivity index (χ0n) is 55.3. The predicted molar refractivity (Wildman–Crippen MR) is 346 cm³/mol. The van der Waals surface area contributed by atoms with E-state index >= 15 is 9.59 Å². The van der Waals surface area contributed by atoms with Crippen molar-refractivity contribution >= 4 is 17.1 Å². The van der Waals surface area contributed by atoms with Gasteiger partial charge in [-0.05, 0) is 110 Å². The maximum atomic E-state index is 15.4. The van der Waals surface area contributed by atoms with Gasteiger partial charge in [0.2, 0.25) is 5.78 Å². The highest BCUT2D eigenvalue weighted by molar-refractivity contribution is 6.42. The van der Waals surface area contributed by atoms with Gasteiger partial charge in [-0.1, -0.05) is 239 Å². The molecule has 5 aromatic carbocycles. The average molecular weight is 1140 g/mol. The van der Waals surface area contributed by atoms with E-state index < -0.39 is 62.6 Å². The molecule has 8 heteroatoms. The van der Waals surface area contributed by atoms with E-state index in [-0.39, 0.29) is 97.0 Å². The lowest BCUT2D eigenvalue weighted by Gasteiger charge is -2.30. The molecule has 0 spiro atoms. The number of aliphatic hydroxyl groups is 3. The normalized spacial score (nSPS) is 16.3. The van der Waals surface area contributed by atoms with Crippen LogP contribution in [0.2, 0.25) is 0 Å². The average Bonchev–Trinajstić information content (AvgIpc) is 0.798. The first-order chi connectivity index (χ1) is 38.0. The Kier molecular flexibility index (Phi) is 16.7. The van der Waals surface area contributed by atoms with Crippen molar-refractivity contribution in [3.05, 3.63) is 196 Å². The number of rotatable bonds is 9. The Morgan fingerprint density at radius 1 is 0.262 bits per heavy atom. The van der Waals surface area contributed by atoms with Gasteiger partial charge in [-0.25, -0.2) is 0 Å². The summed E-state index contributed by atoms with van der Waals surface area (Å²) in [4.78, 5) is 30.9. The fourth-order valence-electron chi connectivity index (χ4n) is 11.1. The molecular weight excluding hydrogens is 1040 g/mol. The van der Waals surface area contributed by atoms with Gasteiger partial charge in [0.15, 0.2) is 5.78 Å². The number of aromatic hydroxyl groups is 3. The molecule has 0 aromatic heterocycles. The molecule has 0 radical (unpaired) electrons. The van der Waals surface area contributed by atoms with Crippen molar-refractivity contribution in [3.8, 4) is 17.2 Å². The van der Waals surface area contributed by atoms with Gasteiger partial charge < -0.3 is 30.6 Å². The van der Waals surface area contributed by atoms with Crippen LogP contribution in [0, 0.1) is 0 Å². The van der Waals surface area contributed by atoms with Crippen LogP contribution < -0.4 is 0 Å². The summed E-state index contributed by atoms with van der Waals surface area (Å²) in [6, 6.07) is 25.0. The number of phenols is 3. The third-order valence-electron chi connectivity index (χ3n) is 17.1. The molecule has 6 N–H and O–H groups in total. The van der Waals surface area contributed by atoms with E-state index in [0.717, 1.165) is 66.8 Å². The largest absolute Gasteiger partial charge is 0.507 e. The van der Waals surface area contributed by atoms with Crippen LogP contribution in [0.15, 0.2) is 112 Å². The first-order valence-electron chi connectivity index (χ1n) is 30.0. The summed E-state index contributed by atoms with van der Waals surface area (Å²) in [6.45, 7) is 50.9. The number of hydrogen-bond donors (Lipinski definition) is 6. The Bertz CT molecular complexity index is 3400. The van der Waals surface area contributed by atoms with E-state index in [1.807, 2.05) is 48.5 Å². The summed E-state index contributed by atoms with van der Waals surface area (Å²) < 4.78 is 0. The quantitative estimate of drug-likeness (QED) is 0.0797. The number of carbonyl (C=O) groups excluding carboxylic acids is 2. The Morgan fingerprint density at radius 3 is 0.750 bits per heavy atom. The Morgan fingerprint density at radius 2 is 0.500 bits per heavy atom. The van der Waals surface area contributed by atoms with Crippen LogP contribution >= 0.6 is 0 Å². The first kappa shape index (κ1) is 64.8. The van der Waals surface area contributed by atoms with Crippen LogP contribution in [0.5, 0.6) is 17.2 Å². The van der Waals surface area contributed by atoms with Gasteiger partial charge in [0.05, 0.1) is 22.3 Å². The highest BCUT2D eigenvalue weighted by Gasteiger charge is 2.46. The molecule has 5 aromatic rings. The molecule has 0 saturated heterocycles. The maximum absolute atomic E-state index is 15.4. The SMILES string of the molecule is CC(C)(C)c1cc(CC2=C(O)C(Cc3cc(C(C)(C)C)cc(C(C)(C)C)c3)=C(O)/C(=C3/C(=O)C(c4c(O)c(Cc5cc(C(C)(C)C)cc(C(C)(C)C)c5)c(O)c(Cc5cc(C(C)(C)C)cc(C(C)(C)C)c5)c4O)=C3O)C2=O)cc(C(C)(C)C)c1. The standard InChI is InChI=1S/C76H98O8/c1-69(2,3)45-25-41(26-46(37-45)70(4,5)6)33-53-61(77)54(34-42-27-47(71(7,8)9)38-48(28-42)72(10,11)12)64(80)57(63(53)79)59-67(83)60(68(59)84)58-65(81)55(35-43-29-49(73(13,14)15)39-50(30-43)74(16,17)18)62(78)56(66(58)82)36-44-31-51(75(19,20)21)40-52(32-44)76(22,23)24/h25-32,37-40,77-81,83H,33-36H2,1-24H3/b60-58-. The molecule has 7 rings (SSSR count). The first-order valence-corrected chi connectivity index (χ1v) is 30.0. The van der Waals surface area contributed by atoms with Crippen molar-refractivity contribution in [2.45, 2.75) is 235 Å². The minimum absolute atomic E-state index is 0.00853. The lowest BCUT2D eigenvalue weighted by atomic mass is 9.73. The van der Waals surface area contributed by atoms with Crippen LogP contribution in [0.4, 0.5) is 0 Å². The van der Waals surface area contributed by atoms with Crippen molar-refractivity contribution in [2.75, 3.05) is 0 Å². The summed E-state index contributed by atoms with van der Waals surface area (Å²) in [5.74, 6) is -5.14. The molecule has 2 aliphatic carbocycles. The molecule has 0 bridgehead atoms. The van der Waals surface area contributed by atoms with Crippen molar-refractivity contribution in [3.63, 3.8) is 0 Å². The number of ketones is 2. The lowest BCUT2D eigenvalue weighted by molar-refractivity contribution is -0.115. The molecule has 84 heavy (non-hydrogen) atoms. The van der Waals surface area contributed by atoms with Crippen LogP contribution in [0.1, 0.15) is 250 Å². The third-order valence-corrected chi connectivity index (χ3v) is 17.1. The van der Waals surface area contributed by atoms with Crippen LogP contribution in [-0.4, -0.2) is 42.2 Å². The van der Waals surface area contributed by atoms with E-state index in [4.69, 9.17) is 0 Å². The van der Waals surface area contributed by atoms with Gasteiger partial charge in [-0.3, -0.25) is 9.59 Å². The number of hydrogen-bond acceptors (Lipinski definition) is 8. The fraction of sp³-hybridized carbons (Fsp3) is 0.474. The van der Waals surface area contributed by atoms with E-state index in [0.29, 0.717) is 0 Å². The van der Waals surface area contributed by atoms with Crippen molar-refractivity contribution in [1.29, 1.82) is 0 Å². The Hall–Kier alpha value is -6.80. The number of aliphatic hydroxyl groups excluding tert-OH is 3. The van der Waals surface area contributed by atoms with Crippen LogP contribution in [-0.2, 0) is 78.6 Å². The third kappa shape index (κ3) is 13.2. The van der Waals surface area contributed by atoms with Crippen LogP contribution in [0.25, 0.3) is 5.57 Å². The molecule has 2 aliphatic rings. The second-order valence-electron chi connectivity index (χ2n) is 32.5. The van der Waals surface area contributed by atoms with Crippen LogP contribution in [0.3, 0.4) is 0 Å². The highest BCUT2D eigenvalue weighted by Crippen LogP contribution is 2.53. The number of phenolic OH excluding ortho intramolecular Hbond substituents is 3. The van der Waals surface area contributed by atoms with Crippen molar-refractivity contribution in [2.24, 2.45) is 0 Å². The van der Waals surface area contributed by atoms with Gasteiger partial charge in [-0.2, -0.15) is 0 Å². The Balaban J connectivity index is 1.53. The topological polar surface area (TPSA) is 156 Å². The minimum Gasteiger partial charge on any atom is -0.507 e. The number of allylic oxidation sites excluding steroid dienone is 5. The van der Waals surface area contributed by atoms with E-state index in [1.165, 1.54) is 0 Å². The smallest absolute Gasteiger partial charge is 0.202 e. The molecule has 0 amide bonds. The molecule has 0 unspecified atom stereocenters. The zero-order chi connectivity index (χ0) is 63.5. The maximum Gasteiger partial charge on any atom is 0.202 e. The lowest BCUT2D eigenvalue weighted by Crippen LogP contribution is -2.30. The van der Waals surface area contributed by atoms with Gasteiger partial charge in [0.1, 0.15) is 34.5 Å². The predicted octanol–water partition coefficient (Wildman–Crippen LogP) is 18.2. The molecule has 8 nitrogen and oxygen atoms in total. The molecule has 0 atom stereocenters. The number of benzene rings is 5. The summed E-state index contributed by atoms with van der Waals surface area (Å²) in [6.07, 6.45) is -0.142. The van der Waals surface area contributed by atoms with E-state index in [1.54, 1.807) is 0 Å². The molecule has 0 heterocycles. The zero-order valence-corrected chi connectivity index (χ0v) is 55.3. The van der Waals surface area contributed by atoms with Crippen molar-refractivity contribution in [1.82, 2.24) is 0 Å².